The molecule has 0 bridgehead atoms. The third-order valence-corrected chi connectivity index (χ3v) is 6.57. The van der Waals surface area contributed by atoms with Crippen molar-refractivity contribution in [1.82, 2.24) is 0 Å². The van der Waals surface area contributed by atoms with Gasteiger partial charge in [0.25, 0.3) is 0 Å². The second-order valence-corrected chi connectivity index (χ2v) is 8.45. The molecule has 5 rings (SSSR count). The Morgan fingerprint density at radius 3 is 2.57 bits per heavy atom. The summed E-state index contributed by atoms with van der Waals surface area (Å²) in [6, 6.07) is 17.7. The lowest BCUT2D eigenvalue weighted by atomic mass is 9.93. The van der Waals surface area contributed by atoms with Gasteiger partial charge < -0.3 is 14.8 Å². The van der Waals surface area contributed by atoms with Crippen molar-refractivity contribution in [2.45, 2.75) is 32.1 Å². The first-order valence-corrected chi connectivity index (χ1v) is 10.4. The van der Waals surface area contributed by atoms with E-state index in [0.717, 1.165) is 57.1 Å². The molecule has 0 unspecified atom stereocenters. The third kappa shape index (κ3) is 3.12. The van der Waals surface area contributed by atoms with Crippen LogP contribution in [0.1, 0.15) is 29.5 Å². The lowest BCUT2D eigenvalue weighted by Crippen LogP contribution is -2.27. The summed E-state index contributed by atoms with van der Waals surface area (Å²) in [6.07, 6.45) is 1.65. The number of fused-ring (bicyclic) bond motifs is 1. The molecule has 30 heavy (non-hydrogen) atoms. The normalized spacial score (nSPS) is 15.7. The maximum absolute atomic E-state index is 13.2. The van der Waals surface area contributed by atoms with E-state index in [4.69, 9.17) is 21.1 Å². The van der Waals surface area contributed by atoms with Gasteiger partial charge in [-0.1, -0.05) is 35.9 Å². The number of carbonyl (C=O) groups is 1. The second-order valence-electron chi connectivity index (χ2n) is 8.05. The lowest BCUT2D eigenvalue weighted by Gasteiger charge is -2.18. The highest BCUT2D eigenvalue weighted by atomic mass is 35.5. The van der Waals surface area contributed by atoms with Crippen molar-refractivity contribution in [3.8, 4) is 22.6 Å². The van der Waals surface area contributed by atoms with Crippen LogP contribution in [0.3, 0.4) is 0 Å². The number of aryl methyl sites for hydroxylation is 1. The summed E-state index contributed by atoms with van der Waals surface area (Å²) < 4.78 is 10.9. The minimum Gasteiger partial charge on any atom is -0.454 e. The molecule has 3 aromatic carbocycles. The van der Waals surface area contributed by atoms with E-state index in [1.54, 1.807) is 0 Å². The Balaban J connectivity index is 1.44. The molecule has 0 spiro atoms. The number of nitrogens with one attached hydrogen (secondary N) is 1. The molecule has 0 radical (unpaired) electrons. The van der Waals surface area contributed by atoms with Crippen LogP contribution in [0.25, 0.3) is 11.1 Å². The summed E-state index contributed by atoms with van der Waals surface area (Å²) in [5, 5.41) is 3.88. The lowest BCUT2D eigenvalue weighted by molar-refractivity contribution is -0.118. The van der Waals surface area contributed by atoms with Crippen LogP contribution in [0.15, 0.2) is 54.6 Å². The number of hydrogen-bond donors (Lipinski definition) is 1. The van der Waals surface area contributed by atoms with E-state index in [-0.39, 0.29) is 12.7 Å². The van der Waals surface area contributed by atoms with Crippen LogP contribution in [0, 0.1) is 13.8 Å². The van der Waals surface area contributed by atoms with Gasteiger partial charge in [-0.25, -0.2) is 0 Å². The third-order valence-electron chi connectivity index (χ3n) is 6.16. The summed E-state index contributed by atoms with van der Waals surface area (Å²) in [6.45, 7) is 4.31. The Bertz CT molecular complexity index is 1170. The smallest absolute Gasteiger partial charge is 0.235 e. The highest BCUT2D eigenvalue weighted by Gasteiger charge is 2.51. The maximum atomic E-state index is 13.2. The molecule has 3 aromatic rings. The molecule has 1 aliphatic carbocycles. The van der Waals surface area contributed by atoms with Gasteiger partial charge in [-0.2, -0.15) is 0 Å². The molecular weight excluding hydrogens is 398 g/mol. The summed E-state index contributed by atoms with van der Waals surface area (Å²) in [5.41, 5.74) is 5.57. The Morgan fingerprint density at radius 2 is 1.77 bits per heavy atom. The van der Waals surface area contributed by atoms with Crippen molar-refractivity contribution in [1.29, 1.82) is 0 Å². The van der Waals surface area contributed by atoms with Gasteiger partial charge in [0, 0.05) is 10.7 Å². The number of halogens is 1. The number of carbonyl (C=O) groups excluding carboxylic acids is 1. The van der Waals surface area contributed by atoms with Crippen LogP contribution >= 0.6 is 11.6 Å². The monoisotopic (exact) mass is 419 g/mol. The molecule has 1 saturated carbocycles. The fourth-order valence-electron chi connectivity index (χ4n) is 4.11. The van der Waals surface area contributed by atoms with Gasteiger partial charge in [0.2, 0.25) is 12.7 Å². The molecule has 152 valence electrons. The van der Waals surface area contributed by atoms with Gasteiger partial charge in [-0.3, -0.25) is 4.79 Å². The van der Waals surface area contributed by atoms with Gasteiger partial charge >= 0.3 is 0 Å². The van der Waals surface area contributed by atoms with Crippen LogP contribution in [-0.2, 0) is 10.2 Å². The maximum Gasteiger partial charge on any atom is 0.235 e. The van der Waals surface area contributed by atoms with E-state index in [1.807, 2.05) is 55.5 Å². The molecule has 5 heteroatoms. The zero-order chi connectivity index (χ0) is 20.9. The molecule has 0 atom stereocenters. The molecule has 1 N–H and O–H groups in total. The van der Waals surface area contributed by atoms with Crippen LogP contribution in [-0.4, -0.2) is 12.7 Å². The zero-order valence-corrected chi connectivity index (χ0v) is 17.7. The molecule has 2 aliphatic rings. The number of anilines is 1. The van der Waals surface area contributed by atoms with Gasteiger partial charge in [-0.05, 0) is 84.8 Å². The number of hydrogen-bond acceptors (Lipinski definition) is 3. The molecule has 0 aromatic heterocycles. The van der Waals surface area contributed by atoms with Gasteiger partial charge in [-0.15, -0.1) is 0 Å². The molecule has 1 amide bonds. The molecule has 1 heterocycles. The highest BCUT2D eigenvalue weighted by molar-refractivity contribution is 6.31. The summed E-state index contributed by atoms with van der Waals surface area (Å²) in [5.74, 6) is 1.45. The van der Waals surface area contributed by atoms with Crippen LogP contribution in [0.4, 0.5) is 5.69 Å². The Labute approximate surface area is 180 Å². The molecule has 1 fully saturated rings. The highest BCUT2D eigenvalue weighted by Crippen LogP contribution is 2.51. The average Bonchev–Trinajstić information content (AvgIpc) is 3.42. The van der Waals surface area contributed by atoms with Crippen molar-refractivity contribution in [3.63, 3.8) is 0 Å². The minimum absolute atomic E-state index is 0.0129. The van der Waals surface area contributed by atoms with Crippen LogP contribution in [0.5, 0.6) is 11.5 Å². The predicted molar refractivity (Wildman–Crippen MR) is 118 cm³/mol. The number of amides is 1. The number of rotatable bonds is 4. The van der Waals surface area contributed by atoms with E-state index >= 15 is 0 Å². The zero-order valence-electron chi connectivity index (χ0n) is 16.9. The topological polar surface area (TPSA) is 47.6 Å². The van der Waals surface area contributed by atoms with Crippen molar-refractivity contribution in [2.24, 2.45) is 0 Å². The molecule has 1 aliphatic heterocycles. The van der Waals surface area contributed by atoms with Gasteiger partial charge in [0.1, 0.15) is 0 Å². The molecule has 0 saturated heterocycles. The van der Waals surface area contributed by atoms with Crippen LogP contribution in [0.2, 0.25) is 5.02 Å². The first-order valence-electron chi connectivity index (χ1n) is 10.1. The predicted octanol–water partition coefficient (Wildman–Crippen LogP) is 6.02. The quantitative estimate of drug-likeness (QED) is 0.562. The first kappa shape index (κ1) is 19.0. The van der Waals surface area contributed by atoms with Gasteiger partial charge in [0.15, 0.2) is 11.5 Å². The standard InChI is InChI=1S/C25H22ClNO3/c1-15-6-8-18(13-20(15)19-4-3-5-21(26)16(19)2)27-24(28)25(10-11-25)17-7-9-22-23(12-17)30-14-29-22/h3-9,12-13H,10-11,14H2,1-2H3,(H,27,28). The fraction of sp³-hybridized carbons (Fsp3) is 0.240. The van der Waals surface area contributed by atoms with Crippen molar-refractivity contribution < 1.29 is 14.3 Å². The SMILES string of the molecule is Cc1ccc(NC(=O)C2(c3ccc4c(c3)OCO4)CC2)cc1-c1cccc(Cl)c1C. The van der Waals surface area contributed by atoms with Gasteiger partial charge in [0.05, 0.1) is 5.41 Å². The molecular formula is C25H22ClNO3. The number of ether oxygens (including phenoxy) is 2. The van der Waals surface area contributed by atoms with Crippen molar-refractivity contribution >= 4 is 23.2 Å². The Hall–Kier alpha value is -2.98. The summed E-state index contributed by atoms with van der Waals surface area (Å²) >= 11 is 6.33. The number of benzene rings is 3. The largest absolute Gasteiger partial charge is 0.454 e. The fourth-order valence-corrected chi connectivity index (χ4v) is 4.28. The van der Waals surface area contributed by atoms with E-state index in [2.05, 4.69) is 18.3 Å². The molecule has 4 nitrogen and oxygen atoms in total. The van der Waals surface area contributed by atoms with Crippen LogP contribution < -0.4 is 14.8 Å². The Kier molecular flexibility index (Phi) is 4.48. The van der Waals surface area contributed by atoms with E-state index in [9.17, 15) is 4.79 Å². The van der Waals surface area contributed by atoms with E-state index in [1.165, 1.54) is 0 Å². The summed E-state index contributed by atoms with van der Waals surface area (Å²) in [7, 11) is 0. The Morgan fingerprint density at radius 1 is 0.967 bits per heavy atom. The minimum atomic E-state index is -0.502. The van der Waals surface area contributed by atoms with Crippen molar-refractivity contribution in [3.05, 3.63) is 76.3 Å². The van der Waals surface area contributed by atoms with E-state index < -0.39 is 5.41 Å². The van der Waals surface area contributed by atoms with E-state index in [0.29, 0.717) is 5.75 Å². The average molecular weight is 420 g/mol. The van der Waals surface area contributed by atoms with Crippen molar-refractivity contribution in [2.75, 3.05) is 12.1 Å². The first-order chi connectivity index (χ1) is 14.5. The summed E-state index contributed by atoms with van der Waals surface area (Å²) in [4.78, 5) is 13.2. The second kappa shape index (κ2) is 7.06.